The Kier molecular flexibility index (Phi) is 3.90. The van der Waals surface area contributed by atoms with Gasteiger partial charge in [-0.2, -0.15) is 0 Å². The molecule has 1 fully saturated rings. The van der Waals surface area contributed by atoms with Gasteiger partial charge in [-0.25, -0.2) is 9.89 Å². The molecule has 0 aliphatic heterocycles. The van der Waals surface area contributed by atoms with E-state index in [1.807, 2.05) is 6.92 Å². The Balaban J connectivity index is 2.09. The first-order chi connectivity index (χ1) is 8.17. The van der Waals surface area contributed by atoms with Gasteiger partial charge in [-0.1, -0.05) is 11.8 Å². The maximum Gasteiger partial charge on any atom is 0.343 e. The Morgan fingerprint density at radius 2 is 2.41 bits per heavy atom. The molecule has 2 rings (SSSR count). The van der Waals surface area contributed by atoms with Crippen LogP contribution in [-0.4, -0.2) is 37.8 Å². The Morgan fingerprint density at radius 3 is 2.94 bits per heavy atom. The number of H-pyrrole nitrogens is 1. The van der Waals surface area contributed by atoms with Gasteiger partial charge in [0.15, 0.2) is 5.16 Å². The number of hydrogen-bond acceptors (Lipinski definition) is 5. The van der Waals surface area contributed by atoms with Crippen LogP contribution in [0.1, 0.15) is 19.8 Å². The molecular weight excluding hydrogens is 240 g/mol. The van der Waals surface area contributed by atoms with E-state index in [1.54, 1.807) is 4.57 Å². The van der Waals surface area contributed by atoms with E-state index in [2.05, 4.69) is 10.2 Å². The molecule has 6 nitrogen and oxygen atoms in total. The van der Waals surface area contributed by atoms with E-state index in [4.69, 9.17) is 5.73 Å². The van der Waals surface area contributed by atoms with Crippen LogP contribution < -0.4 is 11.4 Å². The van der Waals surface area contributed by atoms with Crippen LogP contribution >= 0.6 is 11.8 Å². The van der Waals surface area contributed by atoms with Gasteiger partial charge in [0.1, 0.15) is 0 Å². The van der Waals surface area contributed by atoms with Crippen molar-refractivity contribution in [2.45, 2.75) is 42.8 Å². The summed E-state index contributed by atoms with van der Waals surface area (Å²) in [4.78, 5) is 11.4. The van der Waals surface area contributed by atoms with Crippen molar-refractivity contribution in [2.24, 2.45) is 11.7 Å². The number of rotatable bonds is 6. The van der Waals surface area contributed by atoms with Crippen LogP contribution in [-0.2, 0) is 6.54 Å². The summed E-state index contributed by atoms with van der Waals surface area (Å²) >= 11 is 1.38. The quantitative estimate of drug-likeness (QED) is 0.613. The van der Waals surface area contributed by atoms with Gasteiger partial charge in [0.05, 0.1) is 11.9 Å². The van der Waals surface area contributed by atoms with E-state index in [0.717, 1.165) is 12.8 Å². The normalized spacial score (nSPS) is 19.2. The third kappa shape index (κ3) is 2.72. The predicted molar refractivity (Wildman–Crippen MR) is 66.0 cm³/mol. The van der Waals surface area contributed by atoms with E-state index >= 15 is 0 Å². The average molecular weight is 258 g/mol. The van der Waals surface area contributed by atoms with Gasteiger partial charge in [-0.15, -0.1) is 5.10 Å². The number of aliphatic hydroxyl groups is 1. The fourth-order valence-electron chi connectivity index (χ4n) is 1.83. The lowest BCUT2D eigenvalue weighted by atomic mass is 10.1. The van der Waals surface area contributed by atoms with Gasteiger partial charge >= 0.3 is 5.69 Å². The molecule has 1 heterocycles. The number of nitrogens with zero attached hydrogens (tertiary/aromatic N) is 2. The molecule has 0 radical (unpaired) electrons. The van der Waals surface area contributed by atoms with Crippen molar-refractivity contribution in [1.29, 1.82) is 0 Å². The second-order valence-electron chi connectivity index (χ2n) is 4.31. The highest BCUT2D eigenvalue weighted by atomic mass is 32.2. The zero-order chi connectivity index (χ0) is 12.4. The second-order valence-corrected chi connectivity index (χ2v) is 5.52. The van der Waals surface area contributed by atoms with E-state index in [0.29, 0.717) is 17.6 Å². The van der Waals surface area contributed by atoms with Crippen molar-refractivity contribution < 1.29 is 5.11 Å². The van der Waals surface area contributed by atoms with Gasteiger partial charge in [-0.3, -0.25) is 4.57 Å². The minimum atomic E-state index is -0.216. The Hall–Kier alpha value is -0.790. The monoisotopic (exact) mass is 258 g/mol. The summed E-state index contributed by atoms with van der Waals surface area (Å²) in [6.45, 7) is 2.46. The molecule has 1 aromatic rings. The van der Waals surface area contributed by atoms with Crippen molar-refractivity contribution in [1.82, 2.24) is 14.8 Å². The number of nitrogens with two attached hydrogens (primary N) is 1. The molecule has 1 aliphatic rings. The van der Waals surface area contributed by atoms with Crippen LogP contribution in [0.5, 0.6) is 0 Å². The maximum absolute atomic E-state index is 11.4. The Labute approximate surface area is 104 Å². The highest BCUT2D eigenvalue weighted by molar-refractivity contribution is 7.99. The lowest BCUT2D eigenvalue weighted by Crippen LogP contribution is -2.37. The summed E-state index contributed by atoms with van der Waals surface area (Å²) in [6, 6.07) is -0.0258. The summed E-state index contributed by atoms with van der Waals surface area (Å²) < 4.78 is 1.55. The van der Waals surface area contributed by atoms with Crippen LogP contribution in [0.4, 0.5) is 0 Å². The van der Waals surface area contributed by atoms with Gasteiger partial charge in [-0.05, 0) is 25.7 Å². The molecular formula is C10H18N4O2S. The molecule has 1 aliphatic carbocycles. The molecule has 1 aromatic heterocycles. The van der Waals surface area contributed by atoms with Crippen LogP contribution in [0.3, 0.4) is 0 Å². The molecule has 7 heteroatoms. The first-order valence-electron chi connectivity index (χ1n) is 5.85. The summed E-state index contributed by atoms with van der Waals surface area (Å²) in [6.07, 6.45) is 2.28. The molecule has 96 valence electrons. The summed E-state index contributed by atoms with van der Waals surface area (Å²) in [5.74, 6) is 0.514. The number of aliphatic hydroxyl groups excluding tert-OH is 1. The highest BCUT2D eigenvalue weighted by Crippen LogP contribution is 2.37. The number of thioether (sulfide) groups is 1. The largest absolute Gasteiger partial charge is 0.395 e. The predicted octanol–water partition coefficient (Wildman–Crippen LogP) is -0.218. The molecule has 0 bridgehead atoms. The molecule has 2 unspecified atom stereocenters. The topological polar surface area (TPSA) is 96.9 Å². The zero-order valence-corrected chi connectivity index (χ0v) is 10.6. The van der Waals surface area contributed by atoms with Crippen molar-refractivity contribution in [2.75, 3.05) is 6.61 Å². The number of nitrogens with one attached hydrogen (secondary N) is 1. The standard InChI is InChI=1S/C10H18N4O2S/c1-2-14-9(16)12-13-10(14)17-7(5-15)8(11)6-3-4-6/h6-8,15H,2-5,11H2,1H3,(H,12,16). The first-order valence-corrected chi connectivity index (χ1v) is 6.73. The smallest absolute Gasteiger partial charge is 0.343 e. The van der Waals surface area contributed by atoms with E-state index < -0.39 is 0 Å². The summed E-state index contributed by atoms with van der Waals surface area (Å²) in [5.41, 5.74) is 5.86. The SMILES string of the molecule is CCn1c(SC(CO)C(N)C2CC2)n[nH]c1=O. The molecule has 1 saturated carbocycles. The Morgan fingerprint density at radius 1 is 1.71 bits per heavy atom. The van der Waals surface area contributed by atoms with Crippen molar-refractivity contribution in [3.8, 4) is 0 Å². The second kappa shape index (κ2) is 5.24. The van der Waals surface area contributed by atoms with Crippen molar-refractivity contribution in [3.05, 3.63) is 10.5 Å². The van der Waals surface area contributed by atoms with Gasteiger partial charge in [0, 0.05) is 12.6 Å². The minimum Gasteiger partial charge on any atom is -0.395 e. The van der Waals surface area contributed by atoms with E-state index in [1.165, 1.54) is 11.8 Å². The lowest BCUT2D eigenvalue weighted by molar-refractivity contribution is 0.277. The number of hydrogen-bond donors (Lipinski definition) is 3. The van der Waals surface area contributed by atoms with Gasteiger partial charge < -0.3 is 10.8 Å². The van der Waals surface area contributed by atoms with Crippen LogP contribution in [0.15, 0.2) is 9.95 Å². The van der Waals surface area contributed by atoms with Gasteiger partial charge in [0.25, 0.3) is 0 Å². The molecule has 4 N–H and O–H groups in total. The number of aromatic amines is 1. The first kappa shape index (κ1) is 12.7. The number of aromatic nitrogens is 3. The van der Waals surface area contributed by atoms with Crippen LogP contribution in [0.2, 0.25) is 0 Å². The Bertz CT molecular complexity index is 426. The fourth-order valence-corrected chi connectivity index (χ4v) is 2.99. The third-order valence-corrected chi connectivity index (χ3v) is 4.36. The van der Waals surface area contributed by atoms with E-state index in [9.17, 15) is 9.90 Å². The molecule has 17 heavy (non-hydrogen) atoms. The summed E-state index contributed by atoms with van der Waals surface area (Å²) in [7, 11) is 0. The molecule has 0 aromatic carbocycles. The maximum atomic E-state index is 11.4. The van der Waals surface area contributed by atoms with Crippen LogP contribution in [0, 0.1) is 5.92 Å². The highest BCUT2D eigenvalue weighted by Gasteiger charge is 2.34. The summed E-state index contributed by atoms with van der Waals surface area (Å²) in [5, 5.41) is 16.3. The fraction of sp³-hybridized carbons (Fsp3) is 0.800. The lowest BCUT2D eigenvalue weighted by Gasteiger charge is -2.20. The molecule has 0 spiro atoms. The van der Waals surface area contributed by atoms with Crippen molar-refractivity contribution >= 4 is 11.8 Å². The minimum absolute atomic E-state index is 0.00704. The van der Waals surface area contributed by atoms with E-state index in [-0.39, 0.29) is 23.6 Å². The molecule has 0 saturated heterocycles. The third-order valence-electron chi connectivity index (χ3n) is 3.07. The van der Waals surface area contributed by atoms with Gasteiger partial charge in [0.2, 0.25) is 0 Å². The molecule has 2 atom stereocenters. The van der Waals surface area contributed by atoms with Crippen LogP contribution in [0.25, 0.3) is 0 Å². The zero-order valence-electron chi connectivity index (χ0n) is 9.80. The molecule has 0 amide bonds. The van der Waals surface area contributed by atoms with Crippen molar-refractivity contribution in [3.63, 3.8) is 0 Å². The average Bonchev–Trinajstić information content (AvgIpc) is 3.11.